The van der Waals surface area contributed by atoms with E-state index in [9.17, 15) is 13.6 Å². The highest BCUT2D eigenvalue weighted by Crippen LogP contribution is 2.18. The Hall–Kier alpha value is -2.51. The number of amides is 1. The zero-order valence-electron chi connectivity index (χ0n) is 14.4. The Balaban J connectivity index is 1.93. The first kappa shape index (κ1) is 19.8. The normalized spacial score (nSPS) is 10.8. The van der Waals surface area contributed by atoms with E-state index < -0.39 is 12.5 Å². The fourth-order valence-electron chi connectivity index (χ4n) is 2.21. The van der Waals surface area contributed by atoms with Gasteiger partial charge in [0.15, 0.2) is 0 Å². The van der Waals surface area contributed by atoms with Crippen LogP contribution in [0.1, 0.15) is 22.8 Å². The number of alkyl halides is 2. The highest BCUT2D eigenvalue weighted by Gasteiger charge is 2.10. The molecule has 0 bridgehead atoms. The summed E-state index contributed by atoms with van der Waals surface area (Å²) < 4.78 is 39.5. The molecule has 0 saturated heterocycles. The number of halogens is 2. The van der Waals surface area contributed by atoms with Crippen molar-refractivity contribution in [1.82, 2.24) is 0 Å². The number of anilines is 1. The molecule has 0 spiro atoms. The standard InChI is InChI=1S/C19H21F2NO4/c1-2-24-9-10-25-13-14-5-3-7-16(11-14)22-18(23)15-6-4-8-17(12-15)26-19(20)21/h3-8,11-12,19H,2,9-10,13H2,1H3,(H,22,23). The van der Waals surface area contributed by atoms with E-state index in [4.69, 9.17) is 9.47 Å². The van der Waals surface area contributed by atoms with Gasteiger partial charge in [-0.2, -0.15) is 8.78 Å². The average molecular weight is 365 g/mol. The molecule has 2 aromatic carbocycles. The van der Waals surface area contributed by atoms with E-state index >= 15 is 0 Å². The summed E-state index contributed by atoms with van der Waals surface area (Å²) in [5.41, 5.74) is 1.71. The van der Waals surface area contributed by atoms with Crippen LogP contribution in [0, 0.1) is 0 Å². The number of hydrogen-bond acceptors (Lipinski definition) is 4. The van der Waals surface area contributed by atoms with Crippen LogP contribution < -0.4 is 10.1 Å². The van der Waals surface area contributed by atoms with Crippen molar-refractivity contribution in [3.05, 3.63) is 59.7 Å². The third kappa shape index (κ3) is 6.78. The lowest BCUT2D eigenvalue weighted by Crippen LogP contribution is -2.12. The van der Waals surface area contributed by atoms with Crippen molar-refractivity contribution >= 4 is 11.6 Å². The first-order valence-corrected chi connectivity index (χ1v) is 8.19. The summed E-state index contributed by atoms with van der Waals surface area (Å²) >= 11 is 0. The van der Waals surface area contributed by atoms with Gasteiger partial charge in [0.2, 0.25) is 0 Å². The maximum Gasteiger partial charge on any atom is 0.387 e. The molecule has 0 unspecified atom stereocenters. The molecule has 2 rings (SSSR count). The van der Waals surface area contributed by atoms with Crippen molar-refractivity contribution in [1.29, 1.82) is 0 Å². The predicted octanol–water partition coefficient (Wildman–Crippen LogP) is 4.09. The minimum Gasteiger partial charge on any atom is -0.435 e. The second kappa shape index (κ2) is 10.5. The number of carbonyl (C=O) groups excluding carboxylic acids is 1. The zero-order valence-corrected chi connectivity index (χ0v) is 14.4. The predicted molar refractivity (Wildman–Crippen MR) is 93.6 cm³/mol. The van der Waals surface area contributed by atoms with Gasteiger partial charge < -0.3 is 19.5 Å². The molecule has 1 amide bonds. The summed E-state index contributed by atoms with van der Waals surface area (Å²) in [6, 6.07) is 12.8. The van der Waals surface area contributed by atoms with E-state index in [0.29, 0.717) is 32.1 Å². The molecule has 140 valence electrons. The van der Waals surface area contributed by atoms with E-state index in [1.54, 1.807) is 18.2 Å². The summed E-state index contributed by atoms with van der Waals surface area (Å²) in [6.07, 6.45) is 0. The van der Waals surface area contributed by atoms with E-state index in [-0.39, 0.29) is 11.3 Å². The highest BCUT2D eigenvalue weighted by molar-refractivity contribution is 6.04. The SMILES string of the molecule is CCOCCOCc1cccc(NC(=O)c2cccc(OC(F)F)c2)c1. The summed E-state index contributed by atoms with van der Waals surface area (Å²) in [5.74, 6) is -0.483. The molecule has 0 aliphatic carbocycles. The quantitative estimate of drug-likeness (QED) is 0.644. The lowest BCUT2D eigenvalue weighted by molar-refractivity contribution is -0.0498. The Labute approximate surface area is 150 Å². The van der Waals surface area contributed by atoms with Crippen molar-refractivity contribution in [3.63, 3.8) is 0 Å². The number of hydrogen-bond donors (Lipinski definition) is 1. The molecule has 2 aromatic rings. The second-order valence-electron chi connectivity index (χ2n) is 5.31. The minimum atomic E-state index is -2.94. The van der Waals surface area contributed by atoms with Crippen molar-refractivity contribution in [3.8, 4) is 5.75 Å². The maximum atomic E-state index is 12.3. The first-order valence-electron chi connectivity index (χ1n) is 8.19. The molecule has 0 heterocycles. The number of benzene rings is 2. The van der Waals surface area contributed by atoms with Crippen LogP contribution in [0.5, 0.6) is 5.75 Å². The highest BCUT2D eigenvalue weighted by atomic mass is 19.3. The topological polar surface area (TPSA) is 56.8 Å². The van der Waals surface area contributed by atoms with Crippen LogP contribution >= 0.6 is 0 Å². The number of ether oxygens (including phenoxy) is 3. The van der Waals surface area contributed by atoms with Crippen LogP contribution in [0.3, 0.4) is 0 Å². The van der Waals surface area contributed by atoms with Crippen molar-refractivity contribution < 1.29 is 27.8 Å². The fourth-order valence-corrected chi connectivity index (χ4v) is 2.21. The van der Waals surface area contributed by atoms with Crippen molar-refractivity contribution in [2.24, 2.45) is 0 Å². The molecule has 1 N–H and O–H groups in total. The molecule has 5 nitrogen and oxygen atoms in total. The van der Waals surface area contributed by atoms with Crippen molar-refractivity contribution in [2.45, 2.75) is 20.1 Å². The molecule has 0 aliphatic heterocycles. The third-order valence-electron chi connectivity index (χ3n) is 3.35. The van der Waals surface area contributed by atoms with E-state index in [1.165, 1.54) is 24.3 Å². The number of carbonyl (C=O) groups is 1. The van der Waals surface area contributed by atoms with Gasteiger partial charge in [0.05, 0.1) is 19.8 Å². The Kier molecular flexibility index (Phi) is 7.98. The molecule has 0 fully saturated rings. The summed E-state index contributed by atoms with van der Waals surface area (Å²) in [7, 11) is 0. The lowest BCUT2D eigenvalue weighted by atomic mass is 10.1. The minimum absolute atomic E-state index is 0.0656. The van der Waals surface area contributed by atoms with Gasteiger partial charge in [-0.1, -0.05) is 18.2 Å². The lowest BCUT2D eigenvalue weighted by Gasteiger charge is -2.10. The van der Waals surface area contributed by atoms with E-state index in [2.05, 4.69) is 10.1 Å². The monoisotopic (exact) mass is 365 g/mol. The third-order valence-corrected chi connectivity index (χ3v) is 3.35. The van der Waals surface area contributed by atoms with Gasteiger partial charge in [0.1, 0.15) is 5.75 Å². The van der Waals surface area contributed by atoms with Gasteiger partial charge >= 0.3 is 6.61 Å². The first-order chi connectivity index (χ1) is 12.6. The summed E-state index contributed by atoms with van der Waals surface area (Å²) in [5, 5.41) is 2.73. The molecular weight excluding hydrogens is 344 g/mol. The van der Waals surface area contributed by atoms with Gasteiger partial charge in [-0.25, -0.2) is 0 Å². The van der Waals surface area contributed by atoms with Crippen LogP contribution in [-0.4, -0.2) is 32.3 Å². The van der Waals surface area contributed by atoms with E-state index in [1.807, 2.05) is 13.0 Å². The van der Waals surface area contributed by atoms with Gasteiger partial charge in [-0.05, 0) is 42.8 Å². The molecule has 26 heavy (non-hydrogen) atoms. The molecule has 0 aromatic heterocycles. The van der Waals surface area contributed by atoms with Crippen LogP contribution in [-0.2, 0) is 16.1 Å². The molecular formula is C19H21F2NO4. The Bertz CT molecular complexity index is 709. The molecule has 0 saturated carbocycles. The van der Waals surface area contributed by atoms with Crippen LogP contribution in [0.4, 0.5) is 14.5 Å². The molecule has 0 aliphatic rings. The number of nitrogens with one attached hydrogen (secondary N) is 1. The largest absolute Gasteiger partial charge is 0.435 e. The molecule has 0 radical (unpaired) electrons. The van der Waals surface area contributed by atoms with Gasteiger partial charge in [0, 0.05) is 17.9 Å². The van der Waals surface area contributed by atoms with E-state index in [0.717, 1.165) is 5.56 Å². The maximum absolute atomic E-state index is 12.3. The summed E-state index contributed by atoms with van der Waals surface area (Å²) in [4.78, 5) is 12.3. The second-order valence-corrected chi connectivity index (χ2v) is 5.31. The Morgan fingerprint density at radius 2 is 1.85 bits per heavy atom. The van der Waals surface area contributed by atoms with Gasteiger partial charge in [-0.3, -0.25) is 4.79 Å². The van der Waals surface area contributed by atoms with Crippen LogP contribution in [0.2, 0.25) is 0 Å². The Morgan fingerprint density at radius 3 is 2.62 bits per heavy atom. The summed E-state index contributed by atoms with van der Waals surface area (Å²) in [6.45, 7) is 1.04. The van der Waals surface area contributed by atoms with Crippen molar-refractivity contribution in [2.75, 3.05) is 25.1 Å². The van der Waals surface area contributed by atoms with Gasteiger partial charge in [0.25, 0.3) is 5.91 Å². The average Bonchev–Trinajstić information content (AvgIpc) is 2.61. The zero-order chi connectivity index (χ0) is 18.8. The van der Waals surface area contributed by atoms with Crippen LogP contribution in [0.25, 0.3) is 0 Å². The van der Waals surface area contributed by atoms with Crippen LogP contribution in [0.15, 0.2) is 48.5 Å². The molecule has 0 atom stereocenters. The Morgan fingerprint density at radius 1 is 1.08 bits per heavy atom. The molecule has 7 heteroatoms. The smallest absolute Gasteiger partial charge is 0.387 e. The number of rotatable bonds is 10. The fraction of sp³-hybridized carbons (Fsp3) is 0.316. The van der Waals surface area contributed by atoms with Gasteiger partial charge in [-0.15, -0.1) is 0 Å².